The summed E-state index contributed by atoms with van der Waals surface area (Å²) in [5.41, 5.74) is 2.15. The second kappa shape index (κ2) is 8.39. The molecule has 13 heteroatoms. The van der Waals surface area contributed by atoms with Gasteiger partial charge in [0.15, 0.2) is 22.7 Å². The molecular formula is C23H23N9O4. The van der Waals surface area contributed by atoms with Gasteiger partial charge in [0.25, 0.3) is 5.95 Å². The minimum absolute atomic E-state index is 0.222. The van der Waals surface area contributed by atoms with Crippen molar-refractivity contribution >= 4 is 33.9 Å². The van der Waals surface area contributed by atoms with E-state index >= 15 is 0 Å². The Bertz CT molecular complexity index is 1560. The van der Waals surface area contributed by atoms with Crippen LogP contribution in [0.4, 0.5) is 5.82 Å². The van der Waals surface area contributed by atoms with Gasteiger partial charge in [0.05, 0.1) is 30.6 Å². The van der Waals surface area contributed by atoms with Gasteiger partial charge in [0, 0.05) is 19.5 Å². The Morgan fingerprint density at radius 3 is 2.78 bits per heavy atom. The standard InChI is InChI=1S/C23H23N9O4/c1-24-20-17-21(31(10-26-17)14-8-12(22(35)25-2)18(33)19(14)34)28-23(27-20)32-9-13(29-30-32)16-7-11-5-3-4-6-15(11)36-16/h3-7,9-10,12,14,18-19,33-34H,8H2,1-2H3,(H,25,35)(H,24,27,28). The topological polar surface area (TPSA) is 169 Å². The number of fused-ring (bicyclic) bond motifs is 2. The molecule has 36 heavy (non-hydrogen) atoms. The van der Waals surface area contributed by atoms with Crippen LogP contribution in [0.2, 0.25) is 0 Å². The van der Waals surface area contributed by atoms with Gasteiger partial charge < -0.3 is 29.8 Å². The Balaban J connectivity index is 1.40. The fourth-order valence-electron chi connectivity index (χ4n) is 4.74. The highest BCUT2D eigenvalue weighted by molar-refractivity contribution is 5.84. The first-order valence-corrected chi connectivity index (χ1v) is 11.4. The summed E-state index contributed by atoms with van der Waals surface area (Å²) < 4.78 is 8.97. The van der Waals surface area contributed by atoms with Gasteiger partial charge in [-0.25, -0.2) is 4.98 Å². The van der Waals surface area contributed by atoms with Crippen molar-refractivity contribution in [2.45, 2.75) is 24.7 Å². The average molecular weight is 489 g/mol. The van der Waals surface area contributed by atoms with E-state index in [-0.39, 0.29) is 18.3 Å². The predicted octanol–water partition coefficient (Wildman–Crippen LogP) is 0.891. The van der Waals surface area contributed by atoms with Crippen LogP contribution >= 0.6 is 0 Å². The summed E-state index contributed by atoms with van der Waals surface area (Å²) in [5, 5.41) is 36.1. The van der Waals surface area contributed by atoms with Crippen LogP contribution in [0.25, 0.3) is 39.5 Å². The molecule has 184 valence electrons. The number of nitrogens with one attached hydrogen (secondary N) is 2. The molecule has 1 aromatic carbocycles. The van der Waals surface area contributed by atoms with E-state index in [0.29, 0.717) is 28.4 Å². The van der Waals surface area contributed by atoms with E-state index in [1.165, 1.54) is 18.1 Å². The second-order valence-electron chi connectivity index (χ2n) is 8.65. The van der Waals surface area contributed by atoms with Crippen LogP contribution in [0.5, 0.6) is 0 Å². The number of benzene rings is 1. The van der Waals surface area contributed by atoms with Crippen LogP contribution in [0.3, 0.4) is 0 Å². The molecule has 4 aromatic heterocycles. The third-order valence-corrected chi connectivity index (χ3v) is 6.61. The van der Waals surface area contributed by atoms with Gasteiger partial charge in [-0.1, -0.05) is 23.4 Å². The minimum Gasteiger partial charge on any atom is -0.454 e. The van der Waals surface area contributed by atoms with E-state index in [4.69, 9.17) is 4.42 Å². The molecule has 0 aliphatic heterocycles. The van der Waals surface area contributed by atoms with Crippen molar-refractivity contribution in [1.82, 2.24) is 39.8 Å². The van der Waals surface area contributed by atoms with Crippen molar-refractivity contribution in [3.8, 4) is 17.4 Å². The van der Waals surface area contributed by atoms with Crippen molar-refractivity contribution < 1.29 is 19.4 Å². The third kappa shape index (κ3) is 3.39. The summed E-state index contributed by atoms with van der Waals surface area (Å²) in [4.78, 5) is 25.8. The summed E-state index contributed by atoms with van der Waals surface area (Å²) >= 11 is 0. The van der Waals surface area contributed by atoms with Crippen molar-refractivity contribution in [3.63, 3.8) is 0 Å². The van der Waals surface area contributed by atoms with E-state index in [9.17, 15) is 15.0 Å². The Labute approximate surface area is 203 Å². The number of aromatic nitrogens is 7. The van der Waals surface area contributed by atoms with Crippen molar-refractivity contribution in [2.24, 2.45) is 5.92 Å². The molecule has 0 radical (unpaired) electrons. The van der Waals surface area contributed by atoms with E-state index in [0.717, 1.165) is 11.0 Å². The number of carbonyl (C=O) groups excluding carboxylic acids is 1. The zero-order valence-corrected chi connectivity index (χ0v) is 19.4. The minimum atomic E-state index is -1.21. The van der Waals surface area contributed by atoms with Gasteiger partial charge in [0.2, 0.25) is 5.91 Å². The number of hydrogen-bond acceptors (Lipinski definition) is 10. The van der Waals surface area contributed by atoms with Gasteiger partial charge in [-0.05, 0) is 18.6 Å². The number of hydrogen-bond donors (Lipinski definition) is 4. The summed E-state index contributed by atoms with van der Waals surface area (Å²) in [6.45, 7) is 0. The Morgan fingerprint density at radius 2 is 2.00 bits per heavy atom. The fraction of sp³-hybridized carbons (Fsp3) is 0.304. The van der Waals surface area contributed by atoms with E-state index in [2.05, 4.69) is 35.9 Å². The maximum absolute atomic E-state index is 12.2. The van der Waals surface area contributed by atoms with E-state index in [1.807, 2.05) is 30.3 Å². The predicted molar refractivity (Wildman–Crippen MR) is 128 cm³/mol. The van der Waals surface area contributed by atoms with Crippen LogP contribution in [-0.2, 0) is 4.79 Å². The number of rotatable bonds is 5. The maximum atomic E-state index is 12.2. The van der Waals surface area contributed by atoms with E-state index in [1.54, 1.807) is 17.8 Å². The Morgan fingerprint density at radius 1 is 1.17 bits per heavy atom. The van der Waals surface area contributed by atoms with Crippen LogP contribution in [0.15, 0.2) is 47.3 Å². The molecule has 0 bridgehead atoms. The molecule has 4 atom stereocenters. The first-order valence-electron chi connectivity index (χ1n) is 11.4. The largest absolute Gasteiger partial charge is 0.454 e. The molecule has 13 nitrogen and oxygen atoms in total. The lowest BCUT2D eigenvalue weighted by Gasteiger charge is -2.18. The van der Waals surface area contributed by atoms with Crippen LogP contribution < -0.4 is 10.6 Å². The molecule has 1 aliphatic rings. The summed E-state index contributed by atoms with van der Waals surface area (Å²) in [6.07, 6.45) is 1.03. The summed E-state index contributed by atoms with van der Waals surface area (Å²) in [7, 11) is 3.21. The molecule has 0 saturated heterocycles. The number of amides is 1. The van der Waals surface area contributed by atoms with Crippen LogP contribution in [0.1, 0.15) is 12.5 Å². The lowest BCUT2D eigenvalue weighted by molar-refractivity contribution is -0.128. The van der Waals surface area contributed by atoms with Crippen molar-refractivity contribution in [1.29, 1.82) is 0 Å². The fourth-order valence-corrected chi connectivity index (χ4v) is 4.74. The van der Waals surface area contributed by atoms with Gasteiger partial charge >= 0.3 is 0 Å². The van der Waals surface area contributed by atoms with Gasteiger partial charge in [-0.3, -0.25) is 4.79 Å². The number of aliphatic hydroxyl groups excluding tert-OH is 2. The molecule has 4 N–H and O–H groups in total. The zero-order valence-electron chi connectivity index (χ0n) is 19.4. The molecular weight excluding hydrogens is 466 g/mol. The summed E-state index contributed by atoms with van der Waals surface area (Å²) in [6, 6.07) is 8.94. The van der Waals surface area contributed by atoms with Crippen molar-refractivity contribution in [3.05, 3.63) is 42.9 Å². The molecule has 1 amide bonds. The van der Waals surface area contributed by atoms with Gasteiger partial charge in [-0.15, -0.1) is 5.10 Å². The molecule has 1 saturated carbocycles. The van der Waals surface area contributed by atoms with Crippen LogP contribution in [0, 0.1) is 5.92 Å². The zero-order chi connectivity index (χ0) is 25.0. The lowest BCUT2D eigenvalue weighted by atomic mass is 10.1. The Hall–Kier alpha value is -4.36. The van der Waals surface area contributed by atoms with Gasteiger partial charge in [-0.2, -0.15) is 14.6 Å². The summed E-state index contributed by atoms with van der Waals surface area (Å²) in [5.74, 6) is 0.148. The number of furan rings is 1. The number of carbonyl (C=O) groups is 1. The number of anilines is 1. The quantitative estimate of drug-likeness (QED) is 0.278. The molecule has 4 heterocycles. The molecule has 4 unspecified atom stereocenters. The SMILES string of the molecule is CNC(=O)C1CC(n2cnc3c(NC)nc(-n4cc(-c5cc6ccccc6o5)nn4)nc32)C(O)C1O. The molecule has 1 fully saturated rings. The van der Waals surface area contributed by atoms with Crippen LogP contribution in [-0.4, -0.2) is 76.9 Å². The smallest absolute Gasteiger partial charge is 0.256 e. The average Bonchev–Trinajstić information content (AvgIpc) is 3.68. The number of nitrogens with zero attached hydrogens (tertiary/aromatic N) is 7. The number of para-hydroxylation sites is 1. The normalized spacial score (nSPS) is 21.9. The maximum Gasteiger partial charge on any atom is 0.256 e. The highest BCUT2D eigenvalue weighted by Crippen LogP contribution is 2.37. The van der Waals surface area contributed by atoms with E-state index < -0.39 is 24.2 Å². The highest BCUT2D eigenvalue weighted by atomic mass is 16.3. The monoisotopic (exact) mass is 489 g/mol. The highest BCUT2D eigenvalue weighted by Gasteiger charge is 2.46. The number of aliphatic hydroxyl groups is 2. The molecule has 1 aliphatic carbocycles. The number of imidazole rings is 1. The first-order chi connectivity index (χ1) is 17.5. The second-order valence-corrected chi connectivity index (χ2v) is 8.65. The lowest BCUT2D eigenvalue weighted by Crippen LogP contribution is -2.36. The molecule has 6 rings (SSSR count). The van der Waals surface area contributed by atoms with Crippen molar-refractivity contribution in [2.75, 3.05) is 19.4 Å². The first kappa shape index (κ1) is 22.1. The molecule has 0 spiro atoms. The molecule has 5 aromatic rings. The van der Waals surface area contributed by atoms with Gasteiger partial charge in [0.1, 0.15) is 17.4 Å². The Kier molecular flexibility index (Phi) is 5.16. The third-order valence-electron chi connectivity index (χ3n) is 6.61.